The average molecular weight is 519 g/mol. The van der Waals surface area contributed by atoms with E-state index in [1.165, 1.54) is 15.3 Å². The second-order valence-electron chi connectivity index (χ2n) is 9.53. The van der Waals surface area contributed by atoms with Crippen molar-refractivity contribution in [2.45, 2.75) is 64.5 Å². The number of anilines is 1. The zero-order valence-corrected chi connectivity index (χ0v) is 21.3. The van der Waals surface area contributed by atoms with Gasteiger partial charge in [-0.1, -0.05) is 19.9 Å². The fourth-order valence-electron chi connectivity index (χ4n) is 5.29. The molecule has 0 aliphatic carbocycles. The van der Waals surface area contributed by atoms with Gasteiger partial charge in [0, 0.05) is 49.9 Å². The molecule has 11 heteroatoms. The molecular weight excluding hydrogens is 488 g/mol. The Bertz CT molecular complexity index is 1390. The molecule has 0 amide bonds. The Kier molecular flexibility index (Phi) is 7.33. The number of alkyl halides is 3. The SMILES string of the molecule is CC[C@H]1CN(C(C)c2ccc(C(F)(F)F)cc2F)[C@H](CC)CN1c1cc(=O)n(C)c2cn(CC#N)nc12. The van der Waals surface area contributed by atoms with Gasteiger partial charge in [-0.2, -0.15) is 23.5 Å². The summed E-state index contributed by atoms with van der Waals surface area (Å²) in [6, 6.07) is 5.83. The molecule has 1 fully saturated rings. The summed E-state index contributed by atoms with van der Waals surface area (Å²) in [5.74, 6) is -0.871. The third-order valence-corrected chi connectivity index (χ3v) is 7.44. The van der Waals surface area contributed by atoms with E-state index in [9.17, 15) is 22.4 Å². The van der Waals surface area contributed by atoms with Gasteiger partial charge in [-0.25, -0.2) is 4.39 Å². The summed E-state index contributed by atoms with van der Waals surface area (Å²) in [6.07, 6.45) is -1.47. The van der Waals surface area contributed by atoms with Gasteiger partial charge in [0.15, 0.2) is 0 Å². The van der Waals surface area contributed by atoms with E-state index in [2.05, 4.69) is 21.0 Å². The third kappa shape index (κ3) is 4.94. The van der Waals surface area contributed by atoms with Crippen LogP contribution in [0.2, 0.25) is 0 Å². The van der Waals surface area contributed by atoms with E-state index in [1.54, 1.807) is 19.3 Å². The molecule has 0 spiro atoms. The van der Waals surface area contributed by atoms with Crippen molar-refractivity contribution in [2.24, 2.45) is 7.05 Å². The number of piperazine rings is 1. The van der Waals surface area contributed by atoms with Crippen molar-refractivity contribution in [3.8, 4) is 6.07 Å². The number of pyridine rings is 1. The molecular formula is C26H30F4N6O. The highest BCUT2D eigenvalue weighted by Crippen LogP contribution is 2.36. The molecule has 1 unspecified atom stereocenters. The average Bonchev–Trinajstić information content (AvgIpc) is 3.28. The maximum Gasteiger partial charge on any atom is 0.416 e. The van der Waals surface area contributed by atoms with Gasteiger partial charge < -0.3 is 9.47 Å². The summed E-state index contributed by atoms with van der Waals surface area (Å²) in [6.45, 7) is 6.98. The highest BCUT2D eigenvalue weighted by Gasteiger charge is 2.38. The first-order valence-corrected chi connectivity index (χ1v) is 12.3. The van der Waals surface area contributed by atoms with Gasteiger partial charge in [-0.15, -0.1) is 0 Å². The molecule has 1 aliphatic heterocycles. The van der Waals surface area contributed by atoms with Gasteiger partial charge in [-0.3, -0.25) is 14.4 Å². The van der Waals surface area contributed by atoms with E-state index in [1.807, 2.05) is 20.8 Å². The minimum absolute atomic E-state index is 0.0419. The van der Waals surface area contributed by atoms with E-state index in [0.717, 1.165) is 18.9 Å². The van der Waals surface area contributed by atoms with Crippen molar-refractivity contribution in [2.75, 3.05) is 18.0 Å². The first-order chi connectivity index (χ1) is 17.5. The van der Waals surface area contributed by atoms with Crippen LogP contribution in [0.4, 0.5) is 23.2 Å². The maximum atomic E-state index is 14.9. The first kappa shape index (κ1) is 26.7. The molecule has 4 rings (SSSR count). The first-order valence-electron chi connectivity index (χ1n) is 12.3. The lowest BCUT2D eigenvalue weighted by Gasteiger charge is -2.49. The molecule has 7 nitrogen and oxygen atoms in total. The summed E-state index contributed by atoms with van der Waals surface area (Å²) >= 11 is 0. The molecule has 0 saturated carbocycles. The molecule has 1 saturated heterocycles. The Morgan fingerprint density at radius 2 is 1.86 bits per heavy atom. The second-order valence-corrected chi connectivity index (χ2v) is 9.53. The van der Waals surface area contributed by atoms with Crippen LogP contribution in [0.15, 0.2) is 35.3 Å². The summed E-state index contributed by atoms with van der Waals surface area (Å²) < 4.78 is 57.0. The summed E-state index contributed by atoms with van der Waals surface area (Å²) in [5.41, 5.74) is 0.970. The van der Waals surface area contributed by atoms with Crippen LogP contribution >= 0.6 is 0 Å². The largest absolute Gasteiger partial charge is 0.416 e. The fraction of sp³-hybridized carbons (Fsp3) is 0.500. The molecule has 0 radical (unpaired) electrons. The van der Waals surface area contributed by atoms with E-state index >= 15 is 0 Å². The Morgan fingerprint density at radius 3 is 2.46 bits per heavy atom. The minimum Gasteiger partial charge on any atom is -0.364 e. The Labute approximate surface area is 212 Å². The van der Waals surface area contributed by atoms with Gasteiger partial charge in [0.25, 0.3) is 5.56 Å². The van der Waals surface area contributed by atoms with Gasteiger partial charge in [0.2, 0.25) is 0 Å². The molecule has 3 atom stereocenters. The molecule has 1 aromatic carbocycles. The van der Waals surface area contributed by atoms with Gasteiger partial charge in [0.05, 0.1) is 29.0 Å². The van der Waals surface area contributed by atoms with E-state index < -0.39 is 23.6 Å². The van der Waals surface area contributed by atoms with Crippen LogP contribution < -0.4 is 10.5 Å². The predicted octanol–water partition coefficient (Wildman–Crippen LogP) is 4.86. The number of nitrogens with zero attached hydrogens (tertiary/aromatic N) is 6. The number of hydrogen-bond acceptors (Lipinski definition) is 5. The second kappa shape index (κ2) is 10.2. The van der Waals surface area contributed by atoms with E-state index in [0.29, 0.717) is 35.9 Å². The van der Waals surface area contributed by atoms with Crippen LogP contribution in [0.1, 0.15) is 50.8 Å². The number of halogens is 4. The smallest absolute Gasteiger partial charge is 0.364 e. The number of fused-ring (bicyclic) bond motifs is 1. The van der Waals surface area contributed by atoms with Crippen LogP contribution in [0.3, 0.4) is 0 Å². The number of aromatic nitrogens is 3. The number of rotatable bonds is 6. The summed E-state index contributed by atoms with van der Waals surface area (Å²) in [4.78, 5) is 17.1. The van der Waals surface area contributed by atoms with Crippen molar-refractivity contribution in [1.29, 1.82) is 5.26 Å². The van der Waals surface area contributed by atoms with Gasteiger partial charge in [0.1, 0.15) is 17.9 Å². The van der Waals surface area contributed by atoms with E-state index in [4.69, 9.17) is 5.26 Å². The van der Waals surface area contributed by atoms with Crippen LogP contribution in [0.5, 0.6) is 0 Å². The van der Waals surface area contributed by atoms with Crippen molar-refractivity contribution < 1.29 is 17.6 Å². The molecule has 37 heavy (non-hydrogen) atoms. The summed E-state index contributed by atoms with van der Waals surface area (Å²) in [5, 5.41) is 13.7. The van der Waals surface area contributed by atoms with Crippen LogP contribution in [0.25, 0.3) is 11.0 Å². The Hall–Kier alpha value is -3.39. The molecule has 3 aromatic rings. The Morgan fingerprint density at radius 1 is 1.16 bits per heavy atom. The van der Waals surface area contributed by atoms with Crippen molar-refractivity contribution in [3.05, 3.63) is 57.8 Å². The highest BCUT2D eigenvalue weighted by atomic mass is 19.4. The van der Waals surface area contributed by atoms with Crippen molar-refractivity contribution in [1.82, 2.24) is 19.2 Å². The maximum absolute atomic E-state index is 14.9. The number of benzene rings is 1. The van der Waals surface area contributed by atoms with Crippen LogP contribution in [-0.4, -0.2) is 44.4 Å². The molecule has 0 N–H and O–H groups in total. The third-order valence-electron chi connectivity index (χ3n) is 7.44. The van der Waals surface area contributed by atoms with Crippen molar-refractivity contribution >= 4 is 16.7 Å². The lowest BCUT2D eigenvalue weighted by molar-refractivity contribution is -0.137. The van der Waals surface area contributed by atoms with Crippen molar-refractivity contribution in [3.63, 3.8) is 0 Å². The van der Waals surface area contributed by atoms with Crippen LogP contribution in [0, 0.1) is 17.1 Å². The van der Waals surface area contributed by atoms with Crippen LogP contribution in [-0.2, 0) is 19.8 Å². The molecule has 2 aromatic heterocycles. The Balaban J connectivity index is 1.70. The molecule has 198 valence electrons. The zero-order chi connectivity index (χ0) is 27.1. The minimum atomic E-state index is -4.61. The predicted molar refractivity (Wildman–Crippen MR) is 133 cm³/mol. The quantitative estimate of drug-likeness (QED) is 0.436. The number of nitriles is 1. The van der Waals surface area contributed by atoms with Gasteiger partial charge >= 0.3 is 6.18 Å². The molecule has 3 heterocycles. The normalized spacial score (nSPS) is 19.8. The topological polar surface area (TPSA) is 70.1 Å². The number of hydrogen-bond donors (Lipinski definition) is 0. The number of aryl methyl sites for hydroxylation is 1. The monoisotopic (exact) mass is 518 g/mol. The lowest BCUT2D eigenvalue weighted by atomic mass is 9.95. The van der Waals surface area contributed by atoms with Gasteiger partial charge in [-0.05, 0) is 31.9 Å². The highest BCUT2D eigenvalue weighted by molar-refractivity contribution is 5.88. The summed E-state index contributed by atoms with van der Waals surface area (Å²) in [7, 11) is 1.66. The fourth-order valence-corrected chi connectivity index (χ4v) is 5.29. The zero-order valence-electron chi connectivity index (χ0n) is 21.3. The lowest BCUT2D eigenvalue weighted by Crippen LogP contribution is -2.59. The standard InChI is InChI=1S/C26H30F4N6O/c1-5-18-14-36(22-12-24(37)33(4)23-15-34(10-9-31)32-25(22)23)19(6-2)13-35(18)16(3)20-8-7-17(11-21(20)27)26(28,29)30/h7-8,11-12,15-16,18-19H,5-6,10,13-14H2,1-4H3/t16?,18-,19+/m1/s1. The molecule has 1 aliphatic rings. The van der Waals surface area contributed by atoms with E-state index in [-0.39, 0.29) is 29.8 Å². The molecule has 0 bridgehead atoms.